The van der Waals surface area contributed by atoms with Crippen LogP contribution in [0.5, 0.6) is 0 Å². The lowest BCUT2D eigenvalue weighted by atomic mass is 10.2. The maximum absolute atomic E-state index is 12.0. The highest BCUT2D eigenvalue weighted by Gasteiger charge is 2.32. The van der Waals surface area contributed by atoms with Crippen LogP contribution in [0.3, 0.4) is 0 Å². The number of pyridine rings is 1. The van der Waals surface area contributed by atoms with E-state index in [0.717, 1.165) is 18.4 Å². The lowest BCUT2D eigenvalue weighted by molar-refractivity contribution is 0.465. The van der Waals surface area contributed by atoms with Crippen LogP contribution in [-0.2, 0) is 9.84 Å². The fourth-order valence-corrected chi connectivity index (χ4v) is 4.08. The number of rotatable bonds is 1. The van der Waals surface area contributed by atoms with E-state index in [1.807, 2.05) is 0 Å². The fraction of sp³-hybridized carbons (Fsp3) is 0.500. The zero-order valence-electron chi connectivity index (χ0n) is 9.15. The number of sulfone groups is 1. The average molecular weight is 252 g/mol. The van der Waals surface area contributed by atoms with Gasteiger partial charge in [-0.1, -0.05) is 5.21 Å². The largest absolute Gasteiger partial charge is 0.262 e. The molecule has 7 heteroatoms. The molecule has 0 radical (unpaired) electrons. The van der Waals surface area contributed by atoms with Gasteiger partial charge in [-0.3, -0.25) is 4.98 Å². The third kappa shape index (κ3) is 1.70. The van der Waals surface area contributed by atoms with Crippen LogP contribution in [-0.4, -0.2) is 34.1 Å². The van der Waals surface area contributed by atoms with Crippen LogP contribution in [0.4, 0.5) is 0 Å². The Morgan fingerprint density at radius 1 is 1.35 bits per heavy atom. The zero-order chi connectivity index (χ0) is 11.9. The van der Waals surface area contributed by atoms with Crippen molar-refractivity contribution in [1.82, 2.24) is 20.0 Å². The SMILES string of the molecule is O=S1(=O)CCCCC1n1nnc2cnccc21. The summed E-state index contributed by atoms with van der Waals surface area (Å²) in [4.78, 5) is 3.94. The van der Waals surface area contributed by atoms with Gasteiger partial charge in [-0.15, -0.1) is 5.10 Å². The predicted molar refractivity (Wildman–Crippen MR) is 62.0 cm³/mol. The number of hydrogen-bond acceptors (Lipinski definition) is 5. The van der Waals surface area contributed by atoms with Gasteiger partial charge in [0.15, 0.2) is 15.2 Å². The van der Waals surface area contributed by atoms with Crippen LogP contribution in [0.15, 0.2) is 18.5 Å². The van der Waals surface area contributed by atoms with Gasteiger partial charge in [0, 0.05) is 6.20 Å². The van der Waals surface area contributed by atoms with Gasteiger partial charge < -0.3 is 0 Å². The molecule has 1 fully saturated rings. The number of aromatic nitrogens is 4. The molecule has 0 N–H and O–H groups in total. The minimum absolute atomic E-state index is 0.240. The normalized spacial score (nSPS) is 23.9. The van der Waals surface area contributed by atoms with E-state index in [4.69, 9.17) is 0 Å². The molecule has 1 saturated heterocycles. The molecule has 1 aliphatic heterocycles. The Bertz CT molecular complexity index is 649. The fourth-order valence-electron chi connectivity index (χ4n) is 2.22. The summed E-state index contributed by atoms with van der Waals surface area (Å²) in [6.45, 7) is 0. The van der Waals surface area contributed by atoms with Crippen LogP contribution < -0.4 is 0 Å². The molecule has 0 spiro atoms. The molecule has 2 aromatic heterocycles. The minimum atomic E-state index is -3.10. The number of nitrogens with zero attached hydrogens (tertiary/aromatic N) is 4. The van der Waals surface area contributed by atoms with Crippen molar-refractivity contribution in [3.05, 3.63) is 18.5 Å². The third-order valence-electron chi connectivity index (χ3n) is 3.09. The van der Waals surface area contributed by atoms with E-state index in [1.165, 1.54) is 4.68 Å². The second kappa shape index (κ2) is 3.76. The summed E-state index contributed by atoms with van der Waals surface area (Å²) in [5, 5.41) is 7.34. The molecule has 0 bridgehead atoms. The van der Waals surface area contributed by atoms with E-state index >= 15 is 0 Å². The maximum atomic E-state index is 12.0. The second-order valence-electron chi connectivity index (χ2n) is 4.22. The van der Waals surface area contributed by atoms with Crippen molar-refractivity contribution >= 4 is 20.9 Å². The van der Waals surface area contributed by atoms with E-state index in [0.29, 0.717) is 11.9 Å². The average Bonchev–Trinajstić information content (AvgIpc) is 2.72. The van der Waals surface area contributed by atoms with E-state index in [1.54, 1.807) is 18.5 Å². The van der Waals surface area contributed by atoms with Crippen molar-refractivity contribution < 1.29 is 8.42 Å². The second-order valence-corrected chi connectivity index (χ2v) is 6.49. The van der Waals surface area contributed by atoms with E-state index in [-0.39, 0.29) is 5.75 Å². The van der Waals surface area contributed by atoms with E-state index in [9.17, 15) is 8.42 Å². The standard InChI is InChI=1S/C10H12N4O2S/c15-17(16)6-2-1-3-10(17)14-9-4-5-11-7-8(9)12-13-14/h4-5,7,10H,1-3,6H2. The predicted octanol–water partition coefficient (Wildman–Crippen LogP) is 0.924. The van der Waals surface area contributed by atoms with Gasteiger partial charge in [-0.2, -0.15) is 0 Å². The Hall–Kier alpha value is -1.50. The van der Waals surface area contributed by atoms with E-state index in [2.05, 4.69) is 15.3 Å². The highest BCUT2D eigenvalue weighted by Crippen LogP contribution is 2.29. The first-order valence-corrected chi connectivity index (χ1v) is 7.26. The Kier molecular flexibility index (Phi) is 2.36. The Balaban J connectivity index is 2.15. The van der Waals surface area contributed by atoms with Crippen LogP contribution in [0.25, 0.3) is 11.0 Å². The molecular weight excluding hydrogens is 240 g/mol. The van der Waals surface area contributed by atoms with Gasteiger partial charge in [0.2, 0.25) is 0 Å². The smallest absolute Gasteiger partial charge is 0.173 e. The van der Waals surface area contributed by atoms with Gasteiger partial charge in [0.1, 0.15) is 5.52 Å². The monoisotopic (exact) mass is 252 g/mol. The van der Waals surface area contributed by atoms with Gasteiger partial charge in [0.05, 0.1) is 17.5 Å². The van der Waals surface area contributed by atoms with Crippen molar-refractivity contribution in [3.8, 4) is 0 Å². The Labute approximate surface area is 98.6 Å². The Morgan fingerprint density at radius 3 is 3.06 bits per heavy atom. The van der Waals surface area contributed by atoms with Gasteiger partial charge in [0.25, 0.3) is 0 Å². The van der Waals surface area contributed by atoms with Gasteiger partial charge in [-0.05, 0) is 25.3 Å². The van der Waals surface area contributed by atoms with Crippen molar-refractivity contribution in [2.24, 2.45) is 0 Å². The molecule has 0 aliphatic carbocycles. The van der Waals surface area contributed by atoms with Crippen molar-refractivity contribution in [1.29, 1.82) is 0 Å². The first kappa shape index (κ1) is 10.6. The molecule has 6 nitrogen and oxygen atoms in total. The molecule has 17 heavy (non-hydrogen) atoms. The first-order chi connectivity index (χ1) is 8.18. The summed E-state index contributed by atoms with van der Waals surface area (Å²) in [5.74, 6) is 0.240. The van der Waals surface area contributed by atoms with Gasteiger partial charge in [-0.25, -0.2) is 13.1 Å². The summed E-state index contributed by atoms with van der Waals surface area (Å²) < 4.78 is 25.6. The van der Waals surface area contributed by atoms with Crippen molar-refractivity contribution in [2.75, 3.05) is 5.75 Å². The van der Waals surface area contributed by atoms with Crippen LogP contribution in [0.1, 0.15) is 24.6 Å². The lowest BCUT2D eigenvalue weighted by Crippen LogP contribution is -2.27. The molecule has 0 amide bonds. The summed E-state index contributed by atoms with van der Waals surface area (Å²) >= 11 is 0. The van der Waals surface area contributed by atoms with E-state index < -0.39 is 15.2 Å². The molecule has 1 unspecified atom stereocenters. The van der Waals surface area contributed by atoms with Crippen LogP contribution in [0.2, 0.25) is 0 Å². The van der Waals surface area contributed by atoms with Crippen LogP contribution >= 0.6 is 0 Å². The summed E-state index contributed by atoms with van der Waals surface area (Å²) in [5.41, 5.74) is 1.36. The number of hydrogen-bond donors (Lipinski definition) is 0. The highest BCUT2D eigenvalue weighted by molar-refractivity contribution is 7.91. The molecule has 3 rings (SSSR count). The third-order valence-corrected chi connectivity index (χ3v) is 5.21. The summed E-state index contributed by atoms with van der Waals surface area (Å²) in [7, 11) is -3.10. The maximum Gasteiger partial charge on any atom is 0.173 e. The molecule has 0 saturated carbocycles. The summed E-state index contributed by atoms with van der Waals surface area (Å²) in [6, 6.07) is 1.75. The minimum Gasteiger partial charge on any atom is -0.262 e. The molecule has 2 aromatic rings. The molecule has 3 heterocycles. The van der Waals surface area contributed by atoms with Gasteiger partial charge >= 0.3 is 0 Å². The number of fused-ring (bicyclic) bond motifs is 1. The topological polar surface area (TPSA) is 77.7 Å². The lowest BCUT2D eigenvalue weighted by Gasteiger charge is -2.22. The molecule has 0 aromatic carbocycles. The quantitative estimate of drug-likeness (QED) is 0.754. The summed E-state index contributed by atoms with van der Waals surface area (Å²) in [6.07, 6.45) is 5.48. The Morgan fingerprint density at radius 2 is 2.24 bits per heavy atom. The first-order valence-electron chi connectivity index (χ1n) is 5.55. The molecule has 1 aliphatic rings. The van der Waals surface area contributed by atoms with Crippen molar-refractivity contribution in [3.63, 3.8) is 0 Å². The van der Waals surface area contributed by atoms with Crippen LogP contribution in [0, 0.1) is 0 Å². The molecule has 1 atom stereocenters. The molecule has 90 valence electrons. The molecular formula is C10H12N4O2S. The zero-order valence-corrected chi connectivity index (χ0v) is 9.97. The van der Waals surface area contributed by atoms with Crippen molar-refractivity contribution in [2.45, 2.75) is 24.6 Å². The highest BCUT2D eigenvalue weighted by atomic mass is 32.2.